The normalized spacial score (nSPS) is 13.5. The predicted molar refractivity (Wildman–Crippen MR) is 104 cm³/mol. The van der Waals surface area contributed by atoms with Gasteiger partial charge in [-0.25, -0.2) is 4.98 Å². The first-order valence-corrected chi connectivity index (χ1v) is 9.40. The molecule has 2 aromatic carbocycles. The Labute approximate surface area is 155 Å². The molecule has 0 fully saturated rings. The maximum Gasteiger partial charge on any atom is 0.146 e. The predicted octanol–water partition coefficient (Wildman–Crippen LogP) is 5.91. The third-order valence-electron chi connectivity index (χ3n) is 4.50. The molecule has 4 rings (SSSR count). The second-order valence-corrected chi connectivity index (χ2v) is 7.35. The maximum atomic E-state index is 5.63. The van der Waals surface area contributed by atoms with Crippen molar-refractivity contribution in [2.75, 3.05) is 0 Å². The molecule has 24 heavy (non-hydrogen) atoms. The average Bonchev–Trinajstić information content (AvgIpc) is 2.63. The van der Waals surface area contributed by atoms with Crippen molar-refractivity contribution in [2.45, 2.75) is 25.7 Å². The molecular weight excluding hydrogens is 380 g/mol. The van der Waals surface area contributed by atoms with Crippen molar-refractivity contribution in [3.63, 3.8) is 0 Å². The molecule has 0 saturated carbocycles. The zero-order chi connectivity index (χ0) is 16.5. The summed E-state index contributed by atoms with van der Waals surface area (Å²) in [7, 11) is 0. The van der Waals surface area contributed by atoms with E-state index in [0.717, 1.165) is 39.0 Å². The smallest absolute Gasteiger partial charge is 0.146 e. The quantitative estimate of drug-likeness (QED) is 0.501. The highest BCUT2D eigenvalue weighted by atomic mass is 79.9. The van der Waals surface area contributed by atoms with Gasteiger partial charge in [-0.05, 0) is 49.9 Å². The van der Waals surface area contributed by atoms with E-state index in [0.29, 0.717) is 0 Å². The molecule has 4 heteroatoms. The van der Waals surface area contributed by atoms with Gasteiger partial charge in [0.25, 0.3) is 0 Å². The minimum atomic E-state index is 0.759. The molecule has 0 spiro atoms. The van der Waals surface area contributed by atoms with E-state index >= 15 is 0 Å². The molecule has 0 N–H and O–H groups in total. The SMILES string of the molecule is S=c1nc(-c2ccc(Br)cc2)n(-c2ccccc2)c2c1CCCC2. The zero-order valence-electron chi connectivity index (χ0n) is 13.2. The van der Waals surface area contributed by atoms with Crippen LogP contribution < -0.4 is 0 Å². The van der Waals surface area contributed by atoms with Crippen molar-refractivity contribution in [3.8, 4) is 17.1 Å². The van der Waals surface area contributed by atoms with Gasteiger partial charge < -0.3 is 0 Å². The van der Waals surface area contributed by atoms with E-state index < -0.39 is 0 Å². The fraction of sp³-hybridized carbons (Fsp3) is 0.200. The van der Waals surface area contributed by atoms with Crippen LogP contribution in [0.5, 0.6) is 0 Å². The van der Waals surface area contributed by atoms with E-state index in [4.69, 9.17) is 17.2 Å². The summed E-state index contributed by atoms with van der Waals surface area (Å²) in [5.41, 5.74) is 4.81. The first-order chi connectivity index (χ1) is 11.7. The number of rotatable bonds is 2. The van der Waals surface area contributed by atoms with Crippen LogP contribution in [0.2, 0.25) is 0 Å². The van der Waals surface area contributed by atoms with Crippen LogP contribution in [0.4, 0.5) is 0 Å². The van der Waals surface area contributed by atoms with E-state index in [1.807, 2.05) is 6.07 Å². The van der Waals surface area contributed by atoms with Gasteiger partial charge in [0, 0.05) is 27.0 Å². The number of hydrogen-bond donors (Lipinski definition) is 0. The number of halogens is 1. The summed E-state index contributed by atoms with van der Waals surface area (Å²) in [6.45, 7) is 0. The summed E-state index contributed by atoms with van der Waals surface area (Å²) in [5, 5.41) is 0. The lowest BCUT2D eigenvalue weighted by Crippen LogP contribution is -2.17. The second-order valence-electron chi connectivity index (χ2n) is 6.05. The number of benzene rings is 2. The van der Waals surface area contributed by atoms with Crippen molar-refractivity contribution in [1.82, 2.24) is 9.55 Å². The van der Waals surface area contributed by atoms with E-state index in [-0.39, 0.29) is 0 Å². The number of aromatic nitrogens is 2. The Kier molecular flexibility index (Phi) is 4.33. The highest BCUT2D eigenvalue weighted by Gasteiger charge is 2.20. The van der Waals surface area contributed by atoms with Crippen molar-refractivity contribution < 1.29 is 0 Å². The van der Waals surface area contributed by atoms with Gasteiger partial charge in [0.1, 0.15) is 10.5 Å². The molecule has 0 unspecified atom stereocenters. The topological polar surface area (TPSA) is 17.8 Å². The van der Waals surface area contributed by atoms with E-state index in [2.05, 4.69) is 69.0 Å². The van der Waals surface area contributed by atoms with Gasteiger partial charge >= 0.3 is 0 Å². The first kappa shape index (κ1) is 15.7. The van der Waals surface area contributed by atoms with Crippen LogP contribution in [0.25, 0.3) is 17.1 Å². The molecule has 1 aliphatic carbocycles. The zero-order valence-corrected chi connectivity index (χ0v) is 15.6. The maximum absolute atomic E-state index is 5.63. The van der Waals surface area contributed by atoms with Crippen LogP contribution in [-0.2, 0) is 12.8 Å². The van der Waals surface area contributed by atoms with Crippen LogP contribution >= 0.6 is 28.1 Å². The highest BCUT2D eigenvalue weighted by molar-refractivity contribution is 9.10. The summed E-state index contributed by atoms with van der Waals surface area (Å²) in [6.07, 6.45) is 4.50. The van der Waals surface area contributed by atoms with Gasteiger partial charge in [-0.15, -0.1) is 0 Å². The van der Waals surface area contributed by atoms with Gasteiger partial charge in [0.05, 0.1) is 0 Å². The van der Waals surface area contributed by atoms with Crippen molar-refractivity contribution in [3.05, 3.63) is 75.0 Å². The van der Waals surface area contributed by atoms with Crippen LogP contribution in [0.15, 0.2) is 59.1 Å². The fourth-order valence-electron chi connectivity index (χ4n) is 3.36. The molecule has 120 valence electrons. The monoisotopic (exact) mass is 396 g/mol. The van der Waals surface area contributed by atoms with Gasteiger partial charge in [-0.2, -0.15) is 0 Å². The fourth-order valence-corrected chi connectivity index (χ4v) is 3.93. The molecule has 1 aromatic heterocycles. The second kappa shape index (κ2) is 6.61. The summed E-state index contributed by atoms with van der Waals surface area (Å²) < 4.78 is 4.12. The van der Waals surface area contributed by atoms with Gasteiger partial charge in [0.15, 0.2) is 0 Å². The van der Waals surface area contributed by atoms with Crippen LogP contribution in [0.3, 0.4) is 0 Å². The third-order valence-corrected chi connectivity index (χ3v) is 5.37. The number of fused-ring (bicyclic) bond motifs is 1. The molecule has 0 saturated heterocycles. The van der Waals surface area contributed by atoms with Gasteiger partial charge in [-0.3, -0.25) is 4.57 Å². The summed E-state index contributed by atoms with van der Waals surface area (Å²) in [4.78, 5) is 4.83. The minimum absolute atomic E-state index is 0.759. The number of hydrogen-bond acceptors (Lipinski definition) is 2. The largest absolute Gasteiger partial charge is 0.298 e. The molecule has 0 amide bonds. The molecule has 0 bridgehead atoms. The molecule has 2 nitrogen and oxygen atoms in total. The lowest BCUT2D eigenvalue weighted by atomic mass is 9.96. The standard InChI is InChI=1S/C20H17BrN2S/c21-15-12-10-14(11-13-15)19-22-20(24)17-8-4-5-9-18(17)23(19)16-6-2-1-3-7-16/h1-3,6-7,10-13H,4-5,8-9H2. The Bertz CT molecular complexity index is 930. The van der Waals surface area contributed by atoms with Crippen LogP contribution in [-0.4, -0.2) is 9.55 Å². The summed E-state index contributed by atoms with van der Waals surface area (Å²) >= 11 is 9.14. The molecule has 0 aliphatic heterocycles. The van der Waals surface area contributed by atoms with Crippen LogP contribution in [0.1, 0.15) is 24.1 Å². The summed E-state index contributed by atoms with van der Waals surface area (Å²) in [5.74, 6) is 0.930. The molecule has 1 aliphatic rings. The van der Waals surface area contributed by atoms with Crippen molar-refractivity contribution in [1.29, 1.82) is 0 Å². The van der Waals surface area contributed by atoms with E-state index in [1.165, 1.54) is 24.1 Å². The Hall–Kier alpha value is -1.78. The van der Waals surface area contributed by atoms with Crippen molar-refractivity contribution in [2.24, 2.45) is 0 Å². The lowest BCUT2D eigenvalue weighted by molar-refractivity contribution is 0.642. The molecule has 0 radical (unpaired) electrons. The highest BCUT2D eigenvalue weighted by Crippen LogP contribution is 2.30. The lowest BCUT2D eigenvalue weighted by Gasteiger charge is -2.24. The Morgan fingerprint density at radius 1 is 0.917 bits per heavy atom. The Morgan fingerprint density at radius 3 is 2.38 bits per heavy atom. The minimum Gasteiger partial charge on any atom is -0.298 e. The summed E-state index contributed by atoms with van der Waals surface area (Å²) in [6, 6.07) is 18.8. The molecule has 1 heterocycles. The molecular formula is C20H17BrN2S. The first-order valence-electron chi connectivity index (χ1n) is 8.20. The average molecular weight is 397 g/mol. The number of para-hydroxylation sites is 1. The Morgan fingerprint density at radius 2 is 1.62 bits per heavy atom. The van der Waals surface area contributed by atoms with Gasteiger partial charge in [0.2, 0.25) is 0 Å². The molecule has 0 atom stereocenters. The van der Waals surface area contributed by atoms with Crippen molar-refractivity contribution >= 4 is 28.1 Å². The number of nitrogens with zero attached hydrogens (tertiary/aromatic N) is 2. The van der Waals surface area contributed by atoms with Gasteiger partial charge in [-0.1, -0.05) is 58.5 Å². The van der Waals surface area contributed by atoms with E-state index in [9.17, 15) is 0 Å². The molecule has 3 aromatic rings. The van der Waals surface area contributed by atoms with Crippen LogP contribution in [0, 0.1) is 4.64 Å². The van der Waals surface area contributed by atoms with E-state index in [1.54, 1.807) is 0 Å². The Balaban J connectivity index is 2.04. The third kappa shape index (κ3) is 2.85.